The first-order valence-corrected chi connectivity index (χ1v) is 10.7. The van der Waals surface area contributed by atoms with E-state index in [1.54, 1.807) is 11.8 Å². The predicted octanol–water partition coefficient (Wildman–Crippen LogP) is 2.80. The van der Waals surface area contributed by atoms with Gasteiger partial charge in [-0.3, -0.25) is 13.9 Å². The highest BCUT2D eigenvalue weighted by Crippen LogP contribution is 2.23. The van der Waals surface area contributed by atoms with Crippen molar-refractivity contribution < 1.29 is 9.53 Å². The minimum atomic E-state index is -0.569. The maximum atomic E-state index is 13.4. The molecule has 1 aliphatic heterocycles. The summed E-state index contributed by atoms with van der Waals surface area (Å²) >= 11 is 1.61. The fraction of sp³-hybridized carbons (Fsp3) is 0.227. The molecule has 1 aromatic heterocycles. The number of hydrogen-bond donors (Lipinski definition) is 1. The number of cyclic esters (lactones) is 1. The van der Waals surface area contributed by atoms with Crippen LogP contribution in [0.1, 0.15) is 5.56 Å². The molecular weight excluding hydrogens is 402 g/mol. The van der Waals surface area contributed by atoms with Crippen molar-refractivity contribution in [3.05, 3.63) is 81.0 Å². The van der Waals surface area contributed by atoms with Crippen molar-refractivity contribution in [2.45, 2.75) is 24.5 Å². The number of rotatable bonds is 5. The van der Waals surface area contributed by atoms with Gasteiger partial charge in [-0.05, 0) is 43.0 Å². The van der Waals surface area contributed by atoms with E-state index in [-0.39, 0.29) is 13.1 Å². The molecule has 1 aliphatic rings. The standard InChI is InChI=1S/C22H21N3O4S/c1-14-3-5-15(6-4-14)19-11-20(26)24(13-17-12-23-21(27)29-17)22(28)25(19)16-7-9-18(30-2)10-8-16/h3-11,17H,12-13H2,1-2H3,(H,23,27). The molecule has 0 saturated carbocycles. The van der Waals surface area contributed by atoms with Crippen molar-refractivity contribution in [1.29, 1.82) is 0 Å². The second-order valence-electron chi connectivity index (χ2n) is 7.07. The molecule has 2 aromatic carbocycles. The lowest BCUT2D eigenvalue weighted by molar-refractivity contribution is 0.129. The largest absolute Gasteiger partial charge is 0.442 e. The van der Waals surface area contributed by atoms with E-state index in [1.807, 2.05) is 61.7 Å². The van der Waals surface area contributed by atoms with Crippen LogP contribution in [-0.4, -0.2) is 34.1 Å². The Morgan fingerprint density at radius 3 is 2.37 bits per heavy atom. The topological polar surface area (TPSA) is 82.3 Å². The van der Waals surface area contributed by atoms with E-state index < -0.39 is 23.4 Å². The monoisotopic (exact) mass is 423 g/mol. The van der Waals surface area contributed by atoms with Crippen molar-refractivity contribution in [2.75, 3.05) is 12.8 Å². The molecule has 0 aliphatic carbocycles. The van der Waals surface area contributed by atoms with Gasteiger partial charge in [0.2, 0.25) is 0 Å². The van der Waals surface area contributed by atoms with Gasteiger partial charge in [-0.15, -0.1) is 11.8 Å². The van der Waals surface area contributed by atoms with Gasteiger partial charge < -0.3 is 10.1 Å². The molecule has 7 nitrogen and oxygen atoms in total. The molecule has 1 unspecified atom stereocenters. The minimum absolute atomic E-state index is 0.00647. The lowest BCUT2D eigenvalue weighted by Crippen LogP contribution is -2.42. The molecule has 154 valence electrons. The number of thioether (sulfide) groups is 1. The first-order chi connectivity index (χ1) is 14.5. The number of carbonyl (C=O) groups is 1. The molecule has 1 fully saturated rings. The molecule has 1 atom stereocenters. The summed E-state index contributed by atoms with van der Waals surface area (Å²) in [5.41, 5.74) is 2.11. The highest BCUT2D eigenvalue weighted by molar-refractivity contribution is 7.98. The zero-order chi connectivity index (χ0) is 21.3. The molecule has 1 amide bonds. The molecule has 0 bridgehead atoms. The van der Waals surface area contributed by atoms with Gasteiger partial charge in [-0.2, -0.15) is 0 Å². The Bertz CT molecular complexity index is 1200. The Kier molecular flexibility index (Phi) is 5.50. The molecule has 0 radical (unpaired) electrons. The maximum Gasteiger partial charge on any atom is 0.407 e. The smallest absolute Gasteiger partial charge is 0.407 e. The molecule has 1 N–H and O–H groups in total. The molecule has 8 heteroatoms. The summed E-state index contributed by atoms with van der Waals surface area (Å²) in [4.78, 5) is 38.7. The van der Waals surface area contributed by atoms with Crippen LogP contribution in [0.15, 0.2) is 69.1 Å². The van der Waals surface area contributed by atoms with Gasteiger partial charge in [0.1, 0.15) is 6.10 Å². The fourth-order valence-electron chi connectivity index (χ4n) is 3.40. The summed E-state index contributed by atoms with van der Waals surface area (Å²) < 4.78 is 7.76. The Labute approximate surface area is 177 Å². The Morgan fingerprint density at radius 1 is 1.07 bits per heavy atom. The lowest BCUT2D eigenvalue weighted by Gasteiger charge is -2.17. The van der Waals surface area contributed by atoms with Crippen molar-refractivity contribution >= 4 is 17.9 Å². The van der Waals surface area contributed by atoms with Crippen LogP contribution in [0.3, 0.4) is 0 Å². The average molecular weight is 423 g/mol. The Balaban J connectivity index is 1.89. The van der Waals surface area contributed by atoms with E-state index in [2.05, 4.69) is 5.32 Å². The number of amides is 1. The van der Waals surface area contributed by atoms with Crippen LogP contribution in [0.4, 0.5) is 4.79 Å². The third kappa shape index (κ3) is 3.91. The molecule has 30 heavy (non-hydrogen) atoms. The van der Waals surface area contributed by atoms with Gasteiger partial charge in [0.25, 0.3) is 5.56 Å². The van der Waals surface area contributed by atoms with E-state index in [0.717, 1.165) is 20.6 Å². The molecule has 4 rings (SSSR count). The average Bonchev–Trinajstić information content (AvgIpc) is 3.16. The maximum absolute atomic E-state index is 13.4. The molecule has 3 aromatic rings. The highest BCUT2D eigenvalue weighted by Gasteiger charge is 2.25. The van der Waals surface area contributed by atoms with Crippen LogP contribution in [0.25, 0.3) is 16.9 Å². The third-order valence-corrected chi connectivity index (χ3v) is 5.74. The minimum Gasteiger partial charge on any atom is -0.442 e. The van der Waals surface area contributed by atoms with Crippen LogP contribution in [0, 0.1) is 6.92 Å². The summed E-state index contributed by atoms with van der Waals surface area (Å²) in [5, 5.41) is 2.54. The van der Waals surface area contributed by atoms with Gasteiger partial charge in [-0.1, -0.05) is 29.8 Å². The van der Waals surface area contributed by atoms with E-state index in [1.165, 1.54) is 10.6 Å². The van der Waals surface area contributed by atoms with E-state index in [4.69, 9.17) is 4.74 Å². The van der Waals surface area contributed by atoms with Gasteiger partial charge in [-0.25, -0.2) is 9.59 Å². The molecule has 1 saturated heterocycles. The highest BCUT2D eigenvalue weighted by atomic mass is 32.2. The second kappa shape index (κ2) is 8.23. The van der Waals surface area contributed by atoms with Crippen molar-refractivity contribution in [1.82, 2.24) is 14.5 Å². The third-order valence-electron chi connectivity index (χ3n) is 5.00. The van der Waals surface area contributed by atoms with Crippen molar-refractivity contribution in [3.8, 4) is 16.9 Å². The number of aryl methyl sites for hydroxylation is 1. The number of nitrogens with one attached hydrogen (secondary N) is 1. The van der Waals surface area contributed by atoms with Gasteiger partial charge in [0, 0.05) is 11.0 Å². The predicted molar refractivity (Wildman–Crippen MR) is 117 cm³/mol. The van der Waals surface area contributed by atoms with Crippen LogP contribution in [0.5, 0.6) is 0 Å². The number of ether oxygens (including phenoxy) is 1. The lowest BCUT2D eigenvalue weighted by atomic mass is 10.1. The first-order valence-electron chi connectivity index (χ1n) is 9.49. The molecular formula is C22H21N3O4S. The first kappa shape index (κ1) is 20.0. The number of alkyl carbamates (subject to hydrolysis) is 1. The van der Waals surface area contributed by atoms with Gasteiger partial charge in [0.15, 0.2) is 0 Å². The molecule has 0 spiro atoms. The quantitative estimate of drug-likeness (QED) is 0.638. The number of hydrogen-bond acceptors (Lipinski definition) is 5. The summed E-state index contributed by atoms with van der Waals surface area (Å²) in [6.45, 7) is 2.23. The Hall–Kier alpha value is -3.26. The number of aromatic nitrogens is 2. The van der Waals surface area contributed by atoms with Crippen molar-refractivity contribution in [3.63, 3.8) is 0 Å². The summed E-state index contributed by atoms with van der Waals surface area (Å²) in [6.07, 6.45) is 0.869. The number of nitrogens with zero attached hydrogens (tertiary/aromatic N) is 2. The van der Waals surface area contributed by atoms with E-state index in [9.17, 15) is 14.4 Å². The normalized spacial score (nSPS) is 15.7. The van der Waals surface area contributed by atoms with E-state index >= 15 is 0 Å². The van der Waals surface area contributed by atoms with Crippen LogP contribution < -0.4 is 16.6 Å². The summed E-state index contributed by atoms with van der Waals surface area (Å²) in [7, 11) is 0. The van der Waals surface area contributed by atoms with Crippen molar-refractivity contribution in [2.24, 2.45) is 0 Å². The van der Waals surface area contributed by atoms with Crippen LogP contribution in [0.2, 0.25) is 0 Å². The Morgan fingerprint density at radius 2 is 1.77 bits per heavy atom. The molecule has 2 heterocycles. The second-order valence-corrected chi connectivity index (χ2v) is 7.95. The fourth-order valence-corrected chi connectivity index (χ4v) is 3.81. The zero-order valence-corrected chi connectivity index (χ0v) is 17.4. The summed E-state index contributed by atoms with van der Waals surface area (Å²) in [6, 6.07) is 16.7. The number of carbonyl (C=O) groups excluding carboxylic acids is 1. The van der Waals surface area contributed by atoms with Gasteiger partial charge >= 0.3 is 11.8 Å². The zero-order valence-electron chi connectivity index (χ0n) is 16.6. The van der Waals surface area contributed by atoms with Crippen LogP contribution in [-0.2, 0) is 11.3 Å². The SMILES string of the molecule is CSc1ccc(-n2c(-c3ccc(C)cc3)cc(=O)n(CC3CNC(=O)O3)c2=O)cc1. The van der Waals surface area contributed by atoms with Crippen LogP contribution >= 0.6 is 11.8 Å². The van der Waals surface area contributed by atoms with Gasteiger partial charge in [0.05, 0.1) is 24.5 Å². The number of benzene rings is 2. The summed E-state index contributed by atoms with van der Waals surface area (Å²) in [5.74, 6) is 0. The van der Waals surface area contributed by atoms with E-state index in [0.29, 0.717) is 11.4 Å².